The van der Waals surface area contributed by atoms with E-state index in [2.05, 4.69) is 29.1 Å². The quantitative estimate of drug-likeness (QED) is 0.804. The van der Waals surface area contributed by atoms with Crippen molar-refractivity contribution in [2.75, 3.05) is 17.7 Å². The summed E-state index contributed by atoms with van der Waals surface area (Å²) in [5, 5.41) is 10.9. The van der Waals surface area contributed by atoms with Crippen molar-refractivity contribution in [1.29, 1.82) is 0 Å². The Bertz CT molecular complexity index is 573. The largest absolute Gasteiger partial charge is 0.396 e. The van der Waals surface area contributed by atoms with Crippen LogP contribution in [0.5, 0.6) is 0 Å². The first-order valence-corrected chi connectivity index (χ1v) is 7.07. The van der Waals surface area contributed by atoms with Crippen molar-refractivity contribution in [3.8, 4) is 0 Å². The standard InChI is InChI=1S/C11H10N4O.C5H12O/c12-10-6-9(13-7-14-10)11(16)15-8-4-2-1-3-5-8;1-5(2)3-4-6/h1-7H,(H,15,16)(H2,12,13,14);5-6H,3-4H2,1-2H3. The molecule has 6 nitrogen and oxygen atoms in total. The van der Waals surface area contributed by atoms with Crippen LogP contribution in [0.15, 0.2) is 42.7 Å². The van der Waals surface area contributed by atoms with E-state index in [0.717, 1.165) is 6.42 Å². The molecule has 0 fully saturated rings. The third kappa shape index (κ3) is 6.81. The van der Waals surface area contributed by atoms with Gasteiger partial charge in [0, 0.05) is 18.4 Å². The highest BCUT2D eigenvalue weighted by Gasteiger charge is 2.07. The predicted octanol–water partition coefficient (Wildman–Crippen LogP) is 2.34. The second-order valence-corrected chi connectivity index (χ2v) is 5.05. The molecule has 6 heteroatoms. The average molecular weight is 302 g/mol. The number of rotatable bonds is 4. The minimum absolute atomic E-state index is 0.247. The molecule has 0 saturated heterocycles. The number of nitrogen functional groups attached to an aromatic ring is 1. The molecule has 4 N–H and O–H groups in total. The lowest BCUT2D eigenvalue weighted by Gasteiger charge is -2.03. The lowest BCUT2D eigenvalue weighted by molar-refractivity contribution is 0.102. The van der Waals surface area contributed by atoms with Gasteiger partial charge in [0.1, 0.15) is 17.8 Å². The van der Waals surface area contributed by atoms with Crippen LogP contribution in [0, 0.1) is 5.92 Å². The van der Waals surface area contributed by atoms with Crippen LogP contribution < -0.4 is 11.1 Å². The summed E-state index contributed by atoms with van der Waals surface area (Å²) in [6.07, 6.45) is 2.19. The summed E-state index contributed by atoms with van der Waals surface area (Å²) in [5.74, 6) is 0.614. The van der Waals surface area contributed by atoms with E-state index in [9.17, 15) is 4.79 Å². The summed E-state index contributed by atoms with van der Waals surface area (Å²) in [5.41, 5.74) is 6.42. The van der Waals surface area contributed by atoms with E-state index in [0.29, 0.717) is 18.2 Å². The molecule has 1 amide bonds. The fraction of sp³-hybridized carbons (Fsp3) is 0.312. The van der Waals surface area contributed by atoms with Gasteiger partial charge in [-0.25, -0.2) is 9.97 Å². The molecule has 1 aromatic heterocycles. The van der Waals surface area contributed by atoms with Crippen molar-refractivity contribution < 1.29 is 9.90 Å². The van der Waals surface area contributed by atoms with Gasteiger partial charge in [0.2, 0.25) is 0 Å². The summed E-state index contributed by atoms with van der Waals surface area (Å²) >= 11 is 0. The number of carbonyl (C=O) groups excluding carboxylic acids is 1. The SMILES string of the molecule is CC(C)CCO.Nc1cc(C(=O)Nc2ccccc2)ncn1. The molecule has 0 bridgehead atoms. The van der Waals surface area contributed by atoms with E-state index < -0.39 is 0 Å². The molecule has 2 rings (SSSR count). The smallest absolute Gasteiger partial charge is 0.274 e. The number of amides is 1. The minimum atomic E-state index is -0.305. The lowest BCUT2D eigenvalue weighted by Crippen LogP contribution is -2.14. The molecule has 0 saturated carbocycles. The molecule has 22 heavy (non-hydrogen) atoms. The molecule has 1 heterocycles. The first kappa shape index (κ1) is 17.6. The average Bonchev–Trinajstić information content (AvgIpc) is 2.49. The highest BCUT2D eigenvalue weighted by molar-refractivity contribution is 6.03. The van der Waals surface area contributed by atoms with Gasteiger partial charge in [-0.15, -0.1) is 0 Å². The van der Waals surface area contributed by atoms with Crippen molar-refractivity contribution in [2.24, 2.45) is 5.92 Å². The van der Waals surface area contributed by atoms with Crippen LogP contribution in [0.1, 0.15) is 30.8 Å². The number of para-hydroxylation sites is 1. The topological polar surface area (TPSA) is 101 Å². The number of anilines is 2. The normalized spacial score (nSPS) is 9.82. The Kier molecular flexibility index (Phi) is 7.56. The Hall–Kier alpha value is -2.47. The molecule has 0 aliphatic rings. The van der Waals surface area contributed by atoms with Crippen LogP contribution in [0.4, 0.5) is 11.5 Å². The Balaban J connectivity index is 0.000000346. The van der Waals surface area contributed by atoms with Gasteiger partial charge >= 0.3 is 0 Å². The van der Waals surface area contributed by atoms with Crippen LogP contribution in [-0.2, 0) is 0 Å². The number of aliphatic hydroxyl groups excluding tert-OH is 1. The molecule has 118 valence electrons. The molecule has 0 aliphatic heterocycles. The van der Waals surface area contributed by atoms with Gasteiger partial charge in [-0.1, -0.05) is 32.0 Å². The second-order valence-electron chi connectivity index (χ2n) is 5.05. The number of hydrogen-bond acceptors (Lipinski definition) is 5. The molecular formula is C16H22N4O2. The van der Waals surface area contributed by atoms with Crippen LogP contribution in [0.3, 0.4) is 0 Å². The fourth-order valence-electron chi connectivity index (χ4n) is 1.47. The molecule has 0 radical (unpaired) electrons. The highest BCUT2D eigenvalue weighted by atomic mass is 16.3. The van der Waals surface area contributed by atoms with E-state index in [1.165, 1.54) is 12.4 Å². The highest BCUT2D eigenvalue weighted by Crippen LogP contribution is 2.07. The number of aliphatic hydroxyl groups is 1. The first-order valence-electron chi connectivity index (χ1n) is 7.07. The van der Waals surface area contributed by atoms with Crippen molar-refractivity contribution >= 4 is 17.4 Å². The monoisotopic (exact) mass is 302 g/mol. The maximum absolute atomic E-state index is 11.7. The molecular weight excluding hydrogens is 280 g/mol. The molecule has 1 aromatic carbocycles. The zero-order valence-corrected chi connectivity index (χ0v) is 12.9. The summed E-state index contributed by atoms with van der Waals surface area (Å²) < 4.78 is 0. The number of hydrogen-bond donors (Lipinski definition) is 3. The second kappa shape index (κ2) is 9.46. The number of nitrogens with zero attached hydrogens (tertiary/aromatic N) is 2. The van der Waals surface area contributed by atoms with Crippen LogP contribution in [0.25, 0.3) is 0 Å². The van der Waals surface area contributed by atoms with Gasteiger partial charge in [0.15, 0.2) is 0 Å². The third-order valence-electron chi connectivity index (χ3n) is 2.66. The zero-order valence-electron chi connectivity index (χ0n) is 12.9. The predicted molar refractivity (Wildman–Crippen MR) is 87.4 cm³/mol. The number of carbonyl (C=O) groups is 1. The molecule has 0 aliphatic carbocycles. The fourth-order valence-corrected chi connectivity index (χ4v) is 1.47. The molecule has 0 atom stereocenters. The summed E-state index contributed by atoms with van der Waals surface area (Å²) in [7, 11) is 0. The number of nitrogens with one attached hydrogen (secondary N) is 1. The molecule has 0 spiro atoms. The summed E-state index contributed by atoms with van der Waals surface area (Å²) in [6, 6.07) is 10.6. The Morgan fingerprint density at radius 2 is 1.95 bits per heavy atom. The zero-order chi connectivity index (χ0) is 16.4. The van der Waals surface area contributed by atoms with Gasteiger partial charge in [-0.05, 0) is 24.5 Å². The van der Waals surface area contributed by atoms with Gasteiger partial charge in [-0.3, -0.25) is 4.79 Å². The number of benzene rings is 1. The maximum Gasteiger partial charge on any atom is 0.274 e. The molecule has 0 unspecified atom stereocenters. The van der Waals surface area contributed by atoms with Crippen LogP contribution in [-0.4, -0.2) is 27.6 Å². The van der Waals surface area contributed by atoms with Crippen LogP contribution in [0.2, 0.25) is 0 Å². The lowest BCUT2D eigenvalue weighted by atomic mass is 10.2. The summed E-state index contributed by atoms with van der Waals surface area (Å²) in [4.78, 5) is 19.3. The van der Waals surface area contributed by atoms with Crippen molar-refractivity contribution in [3.05, 3.63) is 48.4 Å². The van der Waals surface area contributed by atoms with Gasteiger partial charge in [-0.2, -0.15) is 0 Å². The van der Waals surface area contributed by atoms with E-state index in [4.69, 9.17) is 10.8 Å². The van der Waals surface area contributed by atoms with E-state index >= 15 is 0 Å². The first-order chi connectivity index (χ1) is 10.5. The Labute approximate surface area is 130 Å². The van der Waals surface area contributed by atoms with Gasteiger partial charge < -0.3 is 16.2 Å². The Morgan fingerprint density at radius 1 is 1.27 bits per heavy atom. The van der Waals surface area contributed by atoms with Gasteiger partial charge in [0.05, 0.1) is 0 Å². The third-order valence-corrected chi connectivity index (χ3v) is 2.66. The van der Waals surface area contributed by atoms with E-state index in [-0.39, 0.29) is 17.4 Å². The van der Waals surface area contributed by atoms with Crippen molar-refractivity contribution in [2.45, 2.75) is 20.3 Å². The maximum atomic E-state index is 11.7. The van der Waals surface area contributed by atoms with Gasteiger partial charge in [0.25, 0.3) is 5.91 Å². The number of nitrogens with two attached hydrogens (primary N) is 1. The Morgan fingerprint density at radius 3 is 2.45 bits per heavy atom. The molecule has 2 aromatic rings. The van der Waals surface area contributed by atoms with Crippen molar-refractivity contribution in [3.63, 3.8) is 0 Å². The number of aromatic nitrogens is 2. The van der Waals surface area contributed by atoms with E-state index in [1.807, 2.05) is 18.2 Å². The minimum Gasteiger partial charge on any atom is -0.396 e. The summed E-state index contributed by atoms with van der Waals surface area (Å²) in [6.45, 7) is 4.52. The van der Waals surface area contributed by atoms with Crippen LogP contribution >= 0.6 is 0 Å². The van der Waals surface area contributed by atoms with Crippen molar-refractivity contribution in [1.82, 2.24) is 9.97 Å². The van der Waals surface area contributed by atoms with E-state index in [1.54, 1.807) is 12.1 Å².